The van der Waals surface area contributed by atoms with Crippen molar-refractivity contribution in [3.8, 4) is 5.75 Å². The molecule has 0 radical (unpaired) electrons. The molecule has 0 aliphatic carbocycles. The molecule has 0 fully saturated rings. The average Bonchev–Trinajstić information content (AvgIpc) is 3.13. The summed E-state index contributed by atoms with van der Waals surface area (Å²) in [5.74, 6) is -0.891. The van der Waals surface area contributed by atoms with Gasteiger partial charge in [0.25, 0.3) is 5.91 Å². The van der Waals surface area contributed by atoms with Crippen LogP contribution in [0.5, 0.6) is 5.75 Å². The molecule has 2 aromatic carbocycles. The van der Waals surface area contributed by atoms with Gasteiger partial charge < -0.3 is 14.6 Å². The van der Waals surface area contributed by atoms with Crippen LogP contribution in [0.4, 0.5) is 4.39 Å². The van der Waals surface area contributed by atoms with Gasteiger partial charge in [0.15, 0.2) is 0 Å². The van der Waals surface area contributed by atoms with Gasteiger partial charge >= 0.3 is 0 Å². The third-order valence-electron chi connectivity index (χ3n) is 3.82. The van der Waals surface area contributed by atoms with Crippen molar-refractivity contribution < 1.29 is 13.9 Å². The second kappa shape index (κ2) is 7.61. The maximum absolute atomic E-state index is 13.9. The molecule has 3 aromatic rings. The third kappa shape index (κ3) is 4.03. The van der Waals surface area contributed by atoms with Crippen LogP contribution in [-0.2, 0) is 13.1 Å². The molecule has 0 atom stereocenters. The number of aromatic nitrogens is 2. The van der Waals surface area contributed by atoms with Gasteiger partial charge in [0, 0.05) is 25.5 Å². The summed E-state index contributed by atoms with van der Waals surface area (Å²) in [6, 6.07) is 12.2. The van der Waals surface area contributed by atoms with Crippen molar-refractivity contribution in [3.05, 3.63) is 83.7 Å². The Bertz CT molecular complexity index is 846. The maximum atomic E-state index is 13.9. The number of hydrogen-bond donors (Lipinski definition) is 1. The number of hydrogen-bond acceptors (Lipinski definition) is 3. The zero-order valence-electron chi connectivity index (χ0n) is 13.8. The highest BCUT2D eigenvalue weighted by Gasteiger charge is 2.17. The molecule has 0 unspecified atom stereocenters. The standard InChI is InChI=1S/C19H18FN3O2/c1-25-17-4-2-3-16(20)18(17)19(24)22-11-14-5-7-15(8-6-14)12-23-10-9-21-13-23/h2-10,13H,11-12H2,1H3,(H,22,24). The monoisotopic (exact) mass is 339 g/mol. The number of carbonyl (C=O) groups is 1. The second-order valence-electron chi connectivity index (χ2n) is 5.55. The number of ether oxygens (including phenoxy) is 1. The summed E-state index contributed by atoms with van der Waals surface area (Å²) in [6.45, 7) is 1.04. The first-order chi connectivity index (χ1) is 12.2. The quantitative estimate of drug-likeness (QED) is 0.751. The van der Waals surface area contributed by atoms with E-state index < -0.39 is 11.7 Å². The molecule has 1 heterocycles. The van der Waals surface area contributed by atoms with Gasteiger partial charge in [-0.1, -0.05) is 30.3 Å². The van der Waals surface area contributed by atoms with Crippen LogP contribution in [-0.4, -0.2) is 22.6 Å². The Hall–Kier alpha value is -3.15. The van der Waals surface area contributed by atoms with Crippen LogP contribution in [0.1, 0.15) is 21.5 Å². The molecule has 128 valence electrons. The Morgan fingerprint density at radius 2 is 1.96 bits per heavy atom. The zero-order chi connectivity index (χ0) is 17.6. The molecule has 0 aliphatic rings. The molecule has 0 saturated carbocycles. The minimum Gasteiger partial charge on any atom is -0.496 e. The highest BCUT2D eigenvalue weighted by molar-refractivity contribution is 5.97. The van der Waals surface area contributed by atoms with Crippen molar-refractivity contribution in [3.63, 3.8) is 0 Å². The highest BCUT2D eigenvalue weighted by atomic mass is 19.1. The molecule has 5 nitrogen and oxygen atoms in total. The van der Waals surface area contributed by atoms with E-state index in [9.17, 15) is 9.18 Å². The number of benzene rings is 2. The topological polar surface area (TPSA) is 56.1 Å². The van der Waals surface area contributed by atoms with Crippen molar-refractivity contribution in [1.29, 1.82) is 0 Å². The number of carbonyl (C=O) groups excluding carboxylic acids is 1. The van der Waals surface area contributed by atoms with E-state index in [1.807, 2.05) is 35.0 Å². The number of halogens is 1. The van der Waals surface area contributed by atoms with Crippen LogP contribution in [0.15, 0.2) is 61.2 Å². The Labute approximate surface area is 145 Å². The van der Waals surface area contributed by atoms with E-state index in [4.69, 9.17) is 4.74 Å². The van der Waals surface area contributed by atoms with E-state index in [0.717, 1.165) is 17.7 Å². The summed E-state index contributed by atoms with van der Waals surface area (Å²) in [4.78, 5) is 16.3. The smallest absolute Gasteiger partial charge is 0.258 e. The van der Waals surface area contributed by atoms with E-state index in [2.05, 4.69) is 10.3 Å². The highest BCUT2D eigenvalue weighted by Crippen LogP contribution is 2.21. The number of imidazole rings is 1. The molecule has 0 aliphatic heterocycles. The fraction of sp³-hybridized carbons (Fsp3) is 0.158. The van der Waals surface area contributed by atoms with Crippen molar-refractivity contribution in [2.75, 3.05) is 7.11 Å². The molecule has 0 bridgehead atoms. The molecule has 3 rings (SSSR count). The predicted molar refractivity (Wildman–Crippen MR) is 91.9 cm³/mol. The lowest BCUT2D eigenvalue weighted by molar-refractivity contribution is 0.0943. The van der Waals surface area contributed by atoms with Crippen LogP contribution in [0.25, 0.3) is 0 Å². The minimum atomic E-state index is -0.604. The summed E-state index contributed by atoms with van der Waals surface area (Å²) < 4.78 is 20.9. The molecule has 1 amide bonds. The minimum absolute atomic E-state index is 0.0817. The lowest BCUT2D eigenvalue weighted by Gasteiger charge is -2.10. The Kier molecular flexibility index (Phi) is 5.09. The number of rotatable bonds is 6. The lowest BCUT2D eigenvalue weighted by atomic mass is 10.1. The molecule has 0 saturated heterocycles. The predicted octanol–water partition coefficient (Wildman–Crippen LogP) is 3.01. The van der Waals surface area contributed by atoms with Gasteiger partial charge in [-0.05, 0) is 23.3 Å². The third-order valence-corrected chi connectivity index (χ3v) is 3.82. The fourth-order valence-corrected chi connectivity index (χ4v) is 2.52. The first-order valence-electron chi connectivity index (χ1n) is 7.81. The Morgan fingerprint density at radius 3 is 2.64 bits per heavy atom. The summed E-state index contributed by atoms with van der Waals surface area (Å²) in [5.41, 5.74) is 1.98. The molecule has 25 heavy (non-hydrogen) atoms. The second-order valence-corrected chi connectivity index (χ2v) is 5.55. The fourth-order valence-electron chi connectivity index (χ4n) is 2.52. The molecular weight excluding hydrogens is 321 g/mol. The lowest BCUT2D eigenvalue weighted by Crippen LogP contribution is -2.24. The van der Waals surface area contributed by atoms with E-state index >= 15 is 0 Å². The maximum Gasteiger partial charge on any atom is 0.258 e. The number of nitrogens with one attached hydrogen (secondary N) is 1. The SMILES string of the molecule is COc1cccc(F)c1C(=O)NCc1ccc(Cn2ccnc2)cc1. The summed E-state index contributed by atoms with van der Waals surface area (Å²) >= 11 is 0. The molecule has 0 spiro atoms. The number of methoxy groups -OCH3 is 1. The van der Waals surface area contributed by atoms with Crippen LogP contribution < -0.4 is 10.1 Å². The summed E-state index contributed by atoms with van der Waals surface area (Å²) in [6.07, 6.45) is 5.40. The van der Waals surface area contributed by atoms with Crippen molar-refractivity contribution in [1.82, 2.24) is 14.9 Å². The first-order valence-corrected chi connectivity index (χ1v) is 7.81. The van der Waals surface area contributed by atoms with E-state index in [-0.39, 0.29) is 11.3 Å². The van der Waals surface area contributed by atoms with Gasteiger partial charge in [0.2, 0.25) is 0 Å². The van der Waals surface area contributed by atoms with Gasteiger partial charge in [-0.2, -0.15) is 0 Å². The van der Waals surface area contributed by atoms with Gasteiger partial charge in [-0.3, -0.25) is 4.79 Å². The van der Waals surface area contributed by atoms with Crippen LogP contribution in [0.2, 0.25) is 0 Å². The van der Waals surface area contributed by atoms with Gasteiger partial charge in [-0.15, -0.1) is 0 Å². The Balaban J connectivity index is 1.63. The molecule has 1 aromatic heterocycles. The average molecular weight is 339 g/mol. The summed E-state index contributed by atoms with van der Waals surface area (Å²) in [5, 5.41) is 2.72. The molecule has 1 N–H and O–H groups in total. The van der Waals surface area contributed by atoms with Gasteiger partial charge in [0.05, 0.1) is 13.4 Å². The van der Waals surface area contributed by atoms with Crippen LogP contribution in [0.3, 0.4) is 0 Å². The molecular formula is C19H18FN3O2. The van der Waals surface area contributed by atoms with E-state index in [1.165, 1.54) is 19.2 Å². The van der Waals surface area contributed by atoms with Crippen LogP contribution in [0, 0.1) is 5.82 Å². The molecule has 6 heteroatoms. The van der Waals surface area contributed by atoms with Crippen molar-refractivity contribution in [2.24, 2.45) is 0 Å². The van der Waals surface area contributed by atoms with E-state index in [1.54, 1.807) is 18.6 Å². The largest absolute Gasteiger partial charge is 0.496 e. The first kappa shape index (κ1) is 16.7. The zero-order valence-corrected chi connectivity index (χ0v) is 13.8. The normalized spacial score (nSPS) is 10.5. The Morgan fingerprint density at radius 1 is 1.20 bits per heavy atom. The van der Waals surface area contributed by atoms with E-state index in [0.29, 0.717) is 6.54 Å². The van der Waals surface area contributed by atoms with Crippen molar-refractivity contribution >= 4 is 5.91 Å². The van der Waals surface area contributed by atoms with Crippen molar-refractivity contribution in [2.45, 2.75) is 13.1 Å². The number of amides is 1. The summed E-state index contributed by atoms with van der Waals surface area (Å²) in [7, 11) is 1.41. The number of nitrogens with zero attached hydrogens (tertiary/aromatic N) is 2. The van der Waals surface area contributed by atoms with Gasteiger partial charge in [0.1, 0.15) is 17.1 Å². The van der Waals surface area contributed by atoms with Gasteiger partial charge in [-0.25, -0.2) is 9.37 Å². The van der Waals surface area contributed by atoms with Crippen LogP contribution >= 0.6 is 0 Å².